The molecule has 1 saturated heterocycles. The number of carbonyl (C=O) groups excluding carboxylic acids is 2. The summed E-state index contributed by atoms with van der Waals surface area (Å²) in [5, 5.41) is 0. The zero-order valence-electron chi connectivity index (χ0n) is 8.64. The predicted octanol–water partition coefficient (Wildman–Crippen LogP) is 0.915. The van der Waals surface area contributed by atoms with Gasteiger partial charge in [0.05, 0.1) is 25.6 Å². The number of rotatable bonds is 1. The van der Waals surface area contributed by atoms with E-state index in [1.165, 1.54) is 7.11 Å². The molecule has 1 aliphatic heterocycles. The van der Waals surface area contributed by atoms with Crippen LogP contribution < -0.4 is 0 Å². The highest BCUT2D eigenvalue weighted by Crippen LogP contribution is 2.36. The van der Waals surface area contributed by atoms with E-state index < -0.39 is 0 Å². The zero-order chi connectivity index (χ0) is 10.8. The summed E-state index contributed by atoms with van der Waals surface area (Å²) < 4.78 is 9.70. The van der Waals surface area contributed by atoms with Crippen molar-refractivity contribution in [1.29, 1.82) is 0 Å². The number of fused-ring (bicyclic) bond motifs is 1. The monoisotopic (exact) mass is 210 g/mol. The molecular weight excluding hydrogens is 196 g/mol. The Morgan fingerprint density at radius 1 is 1.60 bits per heavy atom. The van der Waals surface area contributed by atoms with Gasteiger partial charge in [-0.3, -0.25) is 9.59 Å². The molecule has 4 heteroatoms. The van der Waals surface area contributed by atoms with Gasteiger partial charge in [0.2, 0.25) is 0 Å². The van der Waals surface area contributed by atoms with Crippen LogP contribution in [0.2, 0.25) is 0 Å². The van der Waals surface area contributed by atoms with Crippen LogP contribution in [0.15, 0.2) is 12.2 Å². The van der Waals surface area contributed by atoms with Gasteiger partial charge in [-0.15, -0.1) is 0 Å². The van der Waals surface area contributed by atoms with Crippen molar-refractivity contribution in [3.8, 4) is 0 Å². The molecule has 0 amide bonds. The summed E-state index contributed by atoms with van der Waals surface area (Å²) in [7, 11) is 1.35. The van der Waals surface area contributed by atoms with Crippen LogP contribution in [-0.2, 0) is 19.1 Å². The molecule has 4 nitrogen and oxygen atoms in total. The van der Waals surface area contributed by atoms with Crippen LogP contribution in [0.25, 0.3) is 0 Å². The molecular formula is C11H14O4. The second-order valence-electron chi connectivity index (χ2n) is 3.94. The van der Waals surface area contributed by atoms with E-state index in [4.69, 9.17) is 9.47 Å². The van der Waals surface area contributed by atoms with Crippen LogP contribution >= 0.6 is 0 Å². The van der Waals surface area contributed by atoms with Gasteiger partial charge in [-0.05, 0) is 18.8 Å². The molecule has 82 valence electrons. The number of methoxy groups -OCH3 is 1. The summed E-state index contributed by atoms with van der Waals surface area (Å²) in [6, 6.07) is 0. The summed E-state index contributed by atoms with van der Waals surface area (Å²) in [4.78, 5) is 23.1. The molecule has 0 aromatic rings. The fraction of sp³-hybridized carbons (Fsp3) is 0.636. The van der Waals surface area contributed by atoms with Crippen LogP contribution in [0.4, 0.5) is 0 Å². The maximum Gasteiger partial charge on any atom is 0.310 e. The van der Waals surface area contributed by atoms with Gasteiger partial charge < -0.3 is 9.47 Å². The lowest BCUT2D eigenvalue weighted by Gasteiger charge is -2.34. The van der Waals surface area contributed by atoms with E-state index >= 15 is 0 Å². The van der Waals surface area contributed by atoms with E-state index in [2.05, 4.69) is 0 Å². The van der Waals surface area contributed by atoms with Crippen LogP contribution in [0.1, 0.15) is 12.8 Å². The van der Waals surface area contributed by atoms with E-state index in [1.54, 1.807) is 0 Å². The van der Waals surface area contributed by atoms with Gasteiger partial charge in [-0.2, -0.15) is 0 Å². The molecule has 0 radical (unpaired) electrons. The van der Waals surface area contributed by atoms with Crippen molar-refractivity contribution >= 4 is 11.9 Å². The van der Waals surface area contributed by atoms with Gasteiger partial charge in [0.25, 0.3) is 0 Å². The third-order valence-electron chi connectivity index (χ3n) is 3.14. The summed E-state index contributed by atoms with van der Waals surface area (Å²) in [5.74, 6) is -1.13. The molecule has 0 aromatic carbocycles. The summed E-state index contributed by atoms with van der Waals surface area (Å²) in [5.41, 5.74) is 0. The molecule has 0 N–H and O–H groups in total. The predicted molar refractivity (Wildman–Crippen MR) is 51.8 cm³/mol. The molecule has 0 unspecified atom stereocenters. The number of hydrogen-bond acceptors (Lipinski definition) is 4. The largest absolute Gasteiger partial charge is 0.469 e. The molecule has 1 fully saturated rings. The number of cyclic esters (lactones) is 1. The highest BCUT2D eigenvalue weighted by atomic mass is 16.5. The SMILES string of the molecule is COC(=O)[C@H]1CC=C[C@@H]2CCOC(=O)[C@H]21. The molecule has 2 aliphatic rings. The van der Waals surface area contributed by atoms with Crippen molar-refractivity contribution in [3.63, 3.8) is 0 Å². The Hall–Kier alpha value is -1.32. The maximum absolute atomic E-state index is 11.6. The third kappa shape index (κ3) is 1.76. The second-order valence-corrected chi connectivity index (χ2v) is 3.94. The Morgan fingerprint density at radius 3 is 3.13 bits per heavy atom. The van der Waals surface area contributed by atoms with Crippen molar-refractivity contribution in [1.82, 2.24) is 0 Å². The van der Waals surface area contributed by atoms with Crippen molar-refractivity contribution in [3.05, 3.63) is 12.2 Å². The first-order valence-electron chi connectivity index (χ1n) is 5.15. The summed E-state index contributed by atoms with van der Waals surface area (Å²) in [6.07, 6.45) is 5.36. The molecule has 1 heterocycles. The first-order valence-corrected chi connectivity index (χ1v) is 5.15. The number of esters is 2. The Kier molecular flexibility index (Phi) is 2.75. The Bertz CT molecular complexity index is 308. The third-order valence-corrected chi connectivity index (χ3v) is 3.14. The Balaban J connectivity index is 2.22. The fourth-order valence-corrected chi connectivity index (χ4v) is 2.37. The van der Waals surface area contributed by atoms with Crippen molar-refractivity contribution in [2.45, 2.75) is 12.8 Å². The zero-order valence-corrected chi connectivity index (χ0v) is 8.64. The first kappa shape index (κ1) is 10.2. The summed E-state index contributed by atoms with van der Waals surface area (Å²) >= 11 is 0. The van der Waals surface area contributed by atoms with Crippen LogP contribution in [0.3, 0.4) is 0 Å². The Morgan fingerprint density at radius 2 is 2.40 bits per heavy atom. The smallest absolute Gasteiger partial charge is 0.310 e. The molecule has 15 heavy (non-hydrogen) atoms. The summed E-state index contributed by atoms with van der Waals surface area (Å²) in [6.45, 7) is 0.457. The van der Waals surface area contributed by atoms with Crippen molar-refractivity contribution in [2.75, 3.05) is 13.7 Å². The molecule has 0 bridgehead atoms. The van der Waals surface area contributed by atoms with E-state index in [-0.39, 0.29) is 29.7 Å². The van der Waals surface area contributed by atoms with Crippen LogP contribution in [0.5, 0.6) is 0 Å². The molecule has 0 spiro atoms. The topological polar surface area (TPSA) is 52.6 Å². The molecule has 3 atom stereocenters. The van der Waals surface area contributed by atoms with E-state index in [0.717, 1.165) is 6.42 Å². The van der Waals surface area contributed by atoms with Crippen molar-refractivity contribution < 1.29 is 19.1 Å². The lowest BCUT2D eigenvalue weighted by Crippen LogP contribution is -2.41. The van der Waals surface area contributed by atoms with Crippen LogP contribution in [-0.4, -0.2) is 25.7 Å². The first-order chi connectivity index (χ1) is 7.24. The van der Waals surface area contributed by atoms with E-state index in [0.29, 0.717) is 13.0 Å². The quantitative estimate of drug-likeness (QED) is 0.477. The van der Waals surface area contributed by atoms with Gasteiger partial charge >= 0.3 is 11.9 Å². The minimum Gasteiger partial charge on any atom is -0.469 e. The highest BCUT2D eigenvalue weighted by Gasteiger charge is 2.43. The van der Waals surface area contributed by atoms with Gasteiger partial charge in [0, 0.05) is 0 Å². The fourth-order valence-electron chi connectivity index (χ4n) is 2.37. The van der Waals surface area contributed by atoms with Gasteiger partial charge in [0.15, 0.2) is 0 Å². The average Bonchev–Trinajstić information content (AvgIpc) is 2.28. The molecule has 0 saturated carbocycles. The minimum atomic E-state index is -0.363. The van der Waals surface area contributed by atoms with Gasteiger partial charge in [0.1, 0.15) is 0 Å². The maximum atomic E-state index is 11.6. The van der Waals surface area contributed by atoms with E-state index in [1.807, 2.05) is 12.2 Å². The number of carbonyl (C=O) groups is 2. The molecule has 1 aliphatic carbocycles. The Labute approximate surface area is 88.2 Å². The molecule has 2 rings (SSSR count). The minimum absolute atomic E-state index is 0.143. The lowest BCUT2D eigenvalue weighted by molar-refractivity contribution is -0.166. The van der Waals surface area contributed by atoms with Crippen LogP contribution in [0, 0.1) is 17.8 Å². The van der Waals surface area contributed by atoms with Crippen molar-refractivity contribution in [2.24, 2.45) is 17.8 Å². The normalized spacial score (nSPS) is 34.2. The number of hydrogen-bond donors (Lipinski definition) is 0. The van der Waals surface area contributed by atoms with Gasteiger partial charge in [-0.25, -0.2) is 0 Å². The second kappa shape index (κ2) is 4.04. The number of allylic oxidation sites excluding steroid dienone is 2. The van der Waals surface area contributed by atoms with E-state index in [9.17, 15) is 9.59 Å². The number of ether oxygens (including phenoxy) is 2. The lowest BCUT2D eigenvalue weighted by atomic mass is 9.73. The molecule has 0 aromatic heterocycles. The van der Waals surface area contributed by atoms with Gasteiger partial charge in [-0.1, -0.05) is 12.2 Å². The highest BCUT2D eigenvalue weighted by molar-refractivity contribution is 5.83. The standard InChI is InChI=1S/C11H14O4/c1-14-10(12)8-4-2-3-7-5-6-15-11(13)9(7)8/h2-3,7-9H,4-6H2,1H3/t7-,8+,9-/m1/s1. The average molecular weight is 210 g/mol.